The number of aromatic nitrogens is 1. The summed E-state index contributed by atoms with van der Waals surface area (Å²) in [6.45, 7) is 8.45. The van der Waals surface area contributed by atoms with E-state index in [4.69, 9.17) is 16.3 Å². The molecule has 1 fully saturated rings. The predicted octanol–water partition coefficient (Wildman–Crippen LogP) is 3.96. The molecule has 3 aromatic rings. The van der Waals surface area contributed by atoms with E-state index in [1.807, 2.05) is 12.1 Å². The number of ether oxygens (including phenoxy) is 1. The second-order valence-electron chi connectivity index (χ2n) is 8.11. The van der Waals surface area contributed by atoms with Gasteiger partial charge in [0, 0.05) is 31.7 Å². The first-order valence-corrected chi connectivity index (χ1v) is 14.3. The smallest absolute Gasteiger partial charge is 0.260 e. The van der Waals surface area contributed by atoms with Crippen LogP contribution < -0.4 is 4.90 Å². The number of nitrogens with zero attached hydrogens (tertiary/aromatic N) is 4. The summed E-state index contributed by atoms with van der Waals surface area (Å²) in [6.07, 6.45) is 0. The summed E-state index contributed by atoms with van der Waals surface area (Å²) >= 11 is 7.74. The number of thiazole rings is 1. The molecule has 0 unspecified atom stereocenters. The fourth-order valence-electron chi connectivity index (χ4n) is 3.95. The van der Waals surface area contributed by atoms with Gasteiger partial charge in [-0.05, 0) is 49.5 Å². The predicted molar refractivity (Wildman–Crippen MR) is 140 cm³/mol. The summed E-state index contributed by atoms with van der Waals surface area (Å²) in [6, 6.07) is 11.7. The van der Waals surface area contributed by atoms with E-state index in [1.165, 1.54) is 27.8 Å². The number of rotatable bonds is 9. The Morgan fingerprint density at radius 1 is 1.09 bits per heavy atom. The Balaban J connectivity index is 1.62. The van der Waals surface area contributed by atoms with Gasteiger partial charge in [0.25, 0.3) is 5.91 Å². The van der Waals surface area contributed by atoms with Crippen LogP contribution in [0.2, 0.25) is 5.02 Å². The van der Waals surface area contributed by atoms with Gasteiger partial charge in [0.15, 0.2) is 5.13 Å². The number of anilines is 1. The average molecular weight is 537 g/mol. The topological polar surface area (TPSA) is 83.1 Å². The quantitative estimate of drug-likeness (QED) is 0.411. The van der Waals surface area contributed by atoms with E-state index in [0.29, 0.717) is 60.6 Å². The van der Waals surface area contributed by atoms with Crippen LogP contribution in [-0.4, -0.2) is 81.0 Å². The van der Waals surface area contributed by atoms with Gasteiger partial charge in [-0.1, -0.05) is 42.9 Å². The summed E-state index contributed by atoms with van der Waals surface area (Å²) in [4.78, 5) is 22.3. The number of amides is 1. The van der Waals surface area contributed by atoms with E-state index in [0.717, 1.165) is 17.8 Å². The molecule has 2 heterocycles. The normalized spacial score (nSPS) is 15.1. The van der Waals surface area contributed by atoms with Crippen LogP contribution in [0.1, 0.15) is 24.2 Å². The summed E-state index contributed by atoms with van der Waals surface area (Å²) in [7, 11) is -3.63. The molecule has 0 bridgehead atoms. The Hall–Kier alpha value is -2.08. The van der Waals surface area contributed by atoms with Gasteiger partial charge in [0.1, 0.15) is 5.52 Å². The van der Waals surface area contributed by atoms with Crippen LogP contribution in [0.15, 0.2) is 47.4 Å². The molecule has 11 heteroatoms. The number of benzene rings is 2. The largest absolute Gasteiger partial charge is 0.379 e. The van der Waals surface area contributed by atoms with Crippen molar-refractivity contribution in [3.8, 4) is 0 Å². The molecular weight excluding hydrogens is 508 g/mol. The van der Waals surface area contributed by atoms with Crippen LogP contribution in [0.3, 0.4) is 0 Å². The van der Waals surface area contributed by atoms with Gasteiger partial charge >= 0.3 is 0 Å². The molecular formula is C24H29ClN4O4S2. The zero-order valence-electron chi connectivity index (χ0n) is 19.8. The number of likely N-dealkylation sites (N-methyl/N-ethyl adjacent to an activating group) is 1. The Bertz CT molecular complexity index is 1270. The highest BCUT2D eigenvalue weighted by Crippen LogP contribution is 2.33. The van der Waals surface area contributed by atoms with Gasteiger partial charge in [-0.3, -0.25) is 9.69 Å². The van der Waals surface area contributed by atoms with Gasteiger partial charge in [-0.2, -0.15) is 4.31 Å². The van der Waals surface area contributed by atoms with Gasteiger partial charge in [0.05, 0.1) is 27.8 Å². The van der Waals surface area contributed by atoms with Crippen LogP contribution in [0.4, 0.5) is 5.13 Å². The molecule has 35 heavy (non-hydrogen) atoms. The van der Waals surface area contributed by atoms with Crippen molar-refractivity contribution in [3.05, 3.63) is 53.1 Å². The van der Waals surface area contributed by atoms with E-state index in [9.17, 15) is 13.2 Å². The molecule has 1 amide bonds. The molecule has 1 aromatic heterocycles. The standard InChI is InChI=1S/C24H29ClN4O4S2/c1-3-27(4-2)12-13-29(24-26-22-20(25)6-5-7-21(22)34-24)23(30)18-8-10-19(11-9-18)35(31,32)28-14-16-33-17-15-28/h5-11H,3-4,12-17H2,1-2H3. The van der Waals surface area contributed by atoms with Crippen molar-refractivity contribution in [1.29, 1.82) is 0 Å². The lowest BCUT2D eigenvalue weighted by atomic mass is 10.2. The molecule has 1 saturated heterocycles. The summed E-state index contributed by atoms with van der Waals surface area (Å²) in [5.74, 6) is -0.234. The van der Waals surface area contributed by atoms with Crippen molar-refractivity contribution in [2.24, 2.45) is 0 Å². The molecule has 188 valence electrons. The highest BCUT2D eigenvalue weighted by atomic mass is 35.5. The van der Waals surface area contributed by atoms with E-state index in [1.54, 1.807) is 23.1 Å². The molecule has 0 aliphatic carbocycles. The lowest BCUT2D eigenvalue weighted by Gasteiger charge is -2.26. The molecule has 0 spiro atoms. The molecule has 0 atom stereocenters. The third-order valence-electron chi connectivity index (χ3n) is 6.08. The number of hydrogen-bond donors (Lipinski definition) is 0. The van der Waals surface area contributed by atoms with Crippen molar-refractivity contribution in [2.75, 3.05) is 57.4 Å². The lowest BCUT2D eigenvalue weighted by molar-refractivity contribution is 0.0730. The number of morpholine rings is 1. The van der Waals surface area contributed by atoms with Crippen LogP contribution in [0.5, 0.6) is 0 Å². The fraction of sp³-hybridized carbons (Fsp3) is 0.417. The minimum atomic E-state index is -3.63. The number of carbonyl (C=O) groups excluding carboxylic acids is 1. The maximum Gasteiger partial charge on any atom is 0.260 e. The molecule has 2 aromatic carbocycles. The summed E-state index contributed by atoms with van der Waals surface area (Å²) < 4.78 is 33.5. The molecule has 1 aliphatic heterocycles. The highest BCUT2D eigenvalue weighted by Gasteiger charge is 2.27. The van der Waals surface area contributed by atoms with E-state index in [2.05, 4.69) is 23.7 Å². The molecule has 8 nitrogen and oxygen atoms in total. The SMILES string of the molecule is CCN(CC)CCN(C(=O)c1ccc(S(=O)(=O)N2CCOCC2)cc1)c1nc2c(Cl)cccc2s1. The van der Waals surface area contributed by atoms with Gasteiger partial charge in [0.2, 0.25) is 10.0 Å². The molecule has 0 radical (unpaired) electrons. The maximum atomic E-state index is 13.6. The molecule has 1 aliphatic rings. The molecule has 4 rings (SSSR count). The van der Waals surface area contributed by atoms with Crippen LogP contribution >= 0.6 is 22.9 Å². The minimum absolute atomic E-state index is 0.164. The molecule has 0 N–H and O–H groups in total. The summed E-state index contributed by atoms with van der Waals surface area (Å²) in [5, 5.41) is 1.11. The average Bonchev–Trinajstić information content (AvgIpc) is 3.32. The van der Waals surface area contributed by atoms with Crippen molar-refractivity contribution >= 4 is 54.2 Å². The van der Waals surface area contributed by atoms with Gasteiger partial charge in [-0.15, -0.1) is 0 Å². The number of fused-ring (bicyclic) bond motifs is 1. The van der Waals surface area contributed by atoms with Crippen LogP contribution in [-0.2, 0) is 14.8 Å². The first kappa shape index (κ1) is 26.0. The fourth-order valence-corrected chi connectivity index (χ4v) is 6.64. The first-order valence-electron chi connectivity index (χ1n) is 11.6. The van der Waals surface area contributed by atoms with Crippen molar-refractivity contribution in [2.45, 2.75) is 18.7 Å². The Morgan fingerprint density at radius 2 is 1.77 bits per heavy atom. The van der Waals surface area contributed by atoms with Crippen molar-refractivity contribution in [1.82, 2.24) is 14.2 Å². The number of halogens is 1. The third-order valence-corrected chi connectivity index (χ3v) is 9.34. The zero-order chi connectivity index (χ0) is 25.0. The summed E-state index contributed by atoms with van der Waals surface area (Å²) in [5.41, 5.74) is 1.07. The Morgan fingerprint density at radius 3 is 2.40 bits per heavy atom. The number of hydrogen-bond acceptors (Lipinski definition) is 7. The highest BCUT2D eigenvalue weighted by molar-refractivity contribution is 7.89. The maximum absolute atomic E-state index is 13.6. The molecule has 0 saturated carbocycles. The van der Waals surface area contributed by atoms with E-state index < -0.39 is 10.0 Å². The van der Waals surface area contributed by atoms with Gasteiger partial charge < -0.3 is 9.64 Å². The second kappa shape index (κ2) is 11.3. The number of para-hydroxylation sites is 1. The van der Waals surface area contributed by atoms with Crippen molar-refractivity contribution in [3.63, 3.8) is 0 Å². The van der Waals surface area contributed by atoms with Gasteiger partial charge in [-0.25, -0.2) is 13.4 Å². The zero-order valence-corrected chi connectivity index (χ0v) is 22.2. The van der Waals surface area contributed by atoms with Crippen LogP contribution in [0.25, 0.3) is 10.2 Å². The lowest BCUT2D eigenvalue weighted by Crippen LogP contribution is -2.40. The monoisotopic (exact) mass is 536 g/mol. The Labute approximate surface area is 215 Å². The number of sulfonamides is 1. The third kappa shape index (κ3) is 5.68. The van der Waals surface area contributed by atoms with Crippen molar-refractivity contribution < 1.29 is 17.9 Å². The Kier molecular flexibility index (Phi) is 8.41. The van der Waals surface area contributed by atoms with Crippen LogP contribution in [0, 0.1) is 0 Å². The van der Waals surface area contributed by atoms with E-state index in [-0.39, 0.29) is 10.8 Å². The number of carbonyl (C=O) groups is 1. The van der Waals surface area contributed by atoms with E-state index >= 15 is 0 Å². The first-order chi connectivity index (χ1) is 16.8. The minimum Gasteiger partial charge on any atom is -0.379 e. The second-order valence-corrected chi connectivity index (χ2v) is 11.5.